The average molecular weight is 464 g/mol. The zero-order valence-electron chi connectivity index (χ0n) is 18.7. The minimum absolute atomic E-state index is 0.0877. The average Bonchev–Trinajstić information content (AvgIpc) is 3.26. The number of amides is 1. The predicted octanol–water partition coefficient (Wildman–Crippen LogP) is 2.51. The molecule has 4 rings (SSSR count). The molecule has 0 saturated carbocycles. The maximum absolute atomic E-state index is 13.0. The van der Waals surface area contributed by atoms with Gasteiger partial charge >= 0.3 is 0 Å². The number of rotatable bonds is 6. The fourth-order valence-corrected chi connectivity index (χ4v) is 3.41. The molecule has 0 bridgehead atoms. The number of nitrogens with one attached hydrogen (secondary N) is 1. The molecule has 4 aromatic rings. The largest absolute Gasteiger partial charge is 0.493 e. The number of methoxy groups -OCH3 is 2. The van der Waals surface area contributed by atoms with Crippen LogP contribution in [-0.2, 0) is 0 Å². The summed E-state index contributed by atoms with van der Waals surface area (Å²) in [6.07, 6.45) is 2.47. The number of nitro benzene ring substituents is 1. The van der Waals surface area contributed by atoms with E-state index in [1.165, 1.54) is 31.2 Å². The molecular formula is C22H20N6O6. The van der Waals surface area contributed by atoms with E-state index in [1.54, 1.807) is 0 Å². The van der Waals surface area contributed by atoms with E-state index >= 15 is 0 Å². The Hall–Kier alpha value is -4.74. The van der Waals surface area contributed by atoms with Crippen LogP contribution in [0.5, 0.6) is 11.5 Å². The van der Waals surface area contributed by atoms with Crippen LogP contribution in [0.25, 0.3) is 16.7 Å². The third-order valence-corrected chi connectivity index (χ3v) is 5.39. The van der Waals surface area contributed by atoms with Crippen LogP contribution in [0.15, 0.2) is 47.7 Å². The molecule has 34 heavy (non-hydrogen) atoms. The summed E-state index contributed by atoms with van der Waals surface area (Å²) in [4.78, 5) is 40.9. The van der Waals surface area contributed by atoms with Crippen LogP contribution in [0.3, 0.4) is 0 Å². The van der Waals surface area contributed by atoms with Crippen molar-refractivity contribution >= 4 is 22.6 Å². The lowest BCUT2D eigenvalue weighted by molar-refractivity contribution is -0.385. The number of benzene rings is 2. The smallest absolute Gasteiger partial charge is 0.286 e. The van der Waals surface area contributed by atoms with Crippen LogP contribution in [0.2, 0.25) is 0 Å². The number of hydrogen-bond donors (Lipinski definition) is 1. The molecule has 0 spiro atoms. The summed E-state index contributed by atoms with van der Waals surface area (Å²) < 4.78 is 12.6. The Kier molecular flexibility index (Phi) is 5.72. The Labute approximate surface area is 192 Å². The number of aryl methyl sites for hydroxylation is 2. The van der Waals surface area contributed by atoms with Gasteiger partial charge in [-0.15, -0.1) is 0 Å². The number of aromatic nitrogens is 4. The normalized spacial score (nSPS) is 10.8. The molecule has 0 radical (unpaired) electrons. The van der Waals surface area contributed by atoms with Gasteiger partial charge in [0.2, 0.25) is 0 Å². The van der Waals surface area contributed by atoms with Gasteiger partial charge in [-0.3, -0.25) is 25.1 Å². The van der Waals surface area contributed by atoms with Crippen molar-refractivity contribution in [3.63, 3.8) is 0 Å². The Bertz CT molecular complexity index is 1510. The van der Waals surface area contributed by atoms with Crippen LogP contribution < -0.4 is 20.5 Å². The molecule has 0 aliphatic rings. The fourth-order valence-electron chi connectivity index (χ4n) is 3.41. The first-order valence-corrected chi connectivity index (χ1v) is 10.00. The fraction of sp³-hybridized carbons (Fsp3) is 0.182. The van der Waals surface area contributed by atoms with Crippen LogP contribution in [-0.4, -0.2) is 44.5 Å². The summed E-state index contributed by atoms with van der Waals surface area (Å²) in [6.45, 7) is 3.95. The van der Waals surface area contributed by atoms with E-state index in [2.05, 4.69) is 15.5 Å². The molecule has 2 aromatic carbocycles. The molecule has 0 aliphatic carbocycles. The van der Waals surface area contributed by atoms with Gasteiger partial charge in [-0.05, 0) is 37.1 Å². The third-order valence-electron chi connectivity index (χ3n) is 5.39. The molecular weight excluding hydrogens is 444 g/mol. The highest BCUT2D eigenvalue weighted by Crippen LogP contribution is 2.34. The second-order valence-corrected chi connectivity index (χ2v) is 7.40. The maximum Gasteiger partial charge on any atom is 0.286 e. The van der Waals surface area contributed by atoms with Crippen molar-refractivity contribution in [2.75, 3.05) is 19.6 Å². The SMILES string of the molecule is COc1cc(C(=O)Nn2cnc3c(cnn3-c3ccc(C)c(C)c3)c2=O)c([N+](=O)[O-])cc1OC. The molecule has 0 fully saturated rings. The van der Waals surface area contributed by atoms with Gasteiger partial charge in [0.1, 0.15) is 17.3 Å². The van der Waals surface area contributed by atoms with E-state index in [1.807, 2.05) is 32.0 Å². The summed E-state index contributed by atoms with van der Waals surface area (Å²) in [5.41, 5.74) is 4.10. The van der Waals surface area contributed by atoms with Crippen LogP contribution in [0, 0.1) is 24.0 Å². The first-order valence-electron chi connectivity index (χ1n) is 10.00. The lowest BCUT2D eigenvalue weighted by Crippen LogP contribution is -2.33. The minimum atomic E-state index is -0.905. The van der Waals surface area contributed by atoms with E-state index in [0.717, 1.165) is 33.9 Å². The first kappa shape index (κ1) is 22.5. The van der Waals surface area contributed by atoms with Crippen molar-refractivity contribution in [3.8, 4) is 17.2 Å². The Balaban J connectivity index is 1.73. The summed E-state index contributed by atoms with van der Waals surface area (Å²) in [5.74, 6) is -0.698. The number of hydrogen-bond acceptors (Lipinski definition) is 8. The van der Waals surface area contributed by atoms with Gasteiger partial charge in [0.25, 0.3) is 17.2 Å². The summed E-state index contributed by atoms with van der Waals surface area (Å²) in [7, 11) is 2.65. The minimum Gasteiger partial charge on any atom is -0.493 e. The Morgan fingerprint density at radius 1 is 1.09 bits per heavy atom. The van der Waals surface area contributed by atoms with Crippen LogP contribution in [0.1, 0.15) is 21.5 Å². The van der Waals surface area contributed by atoms with Crippen molar-refractivity contribution in [3.05, 3.63) is 80.0 Å². The molecule has 2 aromatic heterocycles. The summed E-state index contributed by atoms with van der Waals surface area (Å²) in [5, 5.41) is 15.9. The van der Waals surface area contributed by atoms with Gasteiger partial charge in [0, 0.05) is 6.07 Å². The van der Waals surface area contributed by atoms with Crippen LogP contribution in [0.4, 0.5) is 5.69 Å². The predicted molar refractivity (Wildman–Crippen MR) is 122 cm³/mol. The Morgan fingerprint density at radius 3 is 2.44 bits per heavy atom. The highest BCUT2D eigenvalue weighted by Gasteiger charge is 2.25. The summed E-state index contributed by atoms with van der Waals surface area (Å²) in [6, 6.07) is 7.97. The number of ether oxygens (including phenoxy) is 2. The van der Waals surface area contributed by atoms with Crippen molar-refractivity contribution in [2.24, 2.45) is 0 Å². The highest BCUT2D eigenvalue weighted by atomic mass is 16.6. The van der Waals surface area contributed by atoms with E-state index in [0.29, 0.717) is 5.65 Å². The third kappa shape index (κ3) is 3.81. The van der Waals surface area contributed by atoms with Gasteiger partial charge in [0.05, 0.1) is 37.1 Å². The van der Waals surface area contributed by atoms with Gasteiger partial charge in [-0.1, -0.05) is 6.07 Å². The molecule has 1 N–H and O–H groups in total. The van der Waals surface area contributed by atoms with Crippen molar-refractivity contribution in [1.82, 2.24) is 19.4 Å². The van der Waals surface area contributed by atoms with E-state index < -0.39 is 22.1 Å². The number of nitrogens with zero attached hydrogens (tertiary/aromatic N) is 5. The Morgan fingerprint density at radius 2 is 1.79 bits per heavy atom. The van der Waals surface area contributed by atoms with Crippen molar-refractivity contribution in [1.29, 1.82) is 0 Å². The molecule has 174 valence electrons. The number of carbonyl (C=O) groups is 1. The van der Waals surface area contributed by atoms with Crippen molar-refractivity contribution in [2.45, 2.75) is 13.8 Å². The van der Waals surface area contributed by atoms with Crippen LogP contribution >= 0.6 is 0 Å². The second kappa shape index (κ2) is 8.65. The van der Waals surface area contributed by atoms with E-state index in [-0.39, 0.29) is 22.4 Å². The van der Waals surface area contributed by atoms with Gasteiger partial charge in [0.15, 0.2) is 17.1 Å². The lowest BCUT2D eigenvalue weighted by Gasteiger charge is -2.12. The molecule has 0 atom stereocenters. The van der Waals surface area contributed by atoms with Gasteiger partial charge in [-0.2, -0.15) is 5.10 Å². The number of carbonyl (C=O) groups excluding carboxylic acids is 1. The zero-order valence-corrected chi connectivity index (χ0v) is 18.7. The van der Waals surface area contributed by atoms with Gasteiger partial charge in [-0.25, -0.2) is 14.3 Å². The number of fused-ring (bicyclic) bond motifs is 1. The lowest BCUT2D eigenvalue weighted by atomic mass is 10.1. The van der Waals surface area contributed by atoms with Crippen molar-refractivity contribution < 1.29 is 19.2 Å². The highest BCUT2D eigenvalue weighted by molar-refractivity contribution is 6.04. The van der Waals surface area contributed by atoms with E-state index in [4.69, 9.17) is 9.47 Å². The molecule has 2 heterocycles. The molecule has 1 amide bonds. The van der Waals surface area contributed by atoms with Gasteiger partial charge < -0.3 is 9.47 Å². The standard InChI is InChI=1S/C22H20N6O6/c1-12-5-6-14(7-13(12)2)27-20-16(10-24-27)22(30)26(11-23-20)25-21(29)15-8-18(33-3)19(34-4)9-17(15)28(31)32/h5-11H,1-4H3,(H,25,29). The molecule has 12 nitrogen and oxygen atoms in total. The quantitative estimate of drug-likeness (QED) is 0.339. The topological polar surface area (TPSA) is 143 Å². The molecule has 0 saturated heterocycles. The monoisotopic (exact) mass is 464 g/mol. The first-order chi connectivity index (χ1) is 16.2. The molecule has 12 heteroatoms. The molecule has 0 aliphatic heterocycles. The molecule has 0 unspecified atom stereocenters. The summed E-state index contributed by atoms with van der Waals surface area (Å²) >= 11 is 0. The van der Waals surface area contributed by atoms with E-state index in [9.17, 15) is 19.7 Å². The maximum atomic E-state index is 13.0. The number of nitro groups is 1. The zero-order chi connectivity index (χ0) is 24.6. The second-order valence-electron chi connectivity index (χ2n) is 7.40.